The highest BCUT2D eigenvalue weighted by molar-refractivity contribution is 5.48. The fourth-order valence-electron chi connectivity index (χ4n) is 1.99. The van der Waals surface area contributed by atoms with Gasteiger partial charge in [0.1, 0.15) is 6.10 Å². The Morgan fingerprint density at radius 3 is 2.80 bits per heavy atom. The number of rotatable bonds is 1. The second kappa shape index (κ2) is 3.55. The molecule has 0 saturated heterocycles. The minimum Gasteiger partial charge on any atom is -0.265 e. The predicted molar refractivity (Wildman–Crippen MR) is 60.5 cm³/mol. The highest BCUT2D eigenvalue weighted by Gasteiger charge is 2.25. The van der Waals surface area contributed by atoms with E-state index in [1.807, 2.05) is 23.3 Å². The van der Waals surface area contributed by atoms with Crippen molar-refractivity contribution >= 4 is 5.69 Å². The van der Waals surface area contributed by atoms with E-state index < -0.39 is 0 Å². The second-order valence-corrected chi connectivity index (χ2v) is 3.84. The van der Waals surface area contributed by atoms with Crippen LogP contribution in [0.3, 0.4) is 0 Å². The molecule has 2 atom stereocenters. The fraction of sp³-hybridized carbons (Fsp3) is 0.231. The molecule has 0 saturated carbocycles. The van der Waals surface area contributed by atoms with Crippen LogP contribution in [-0.4, -0.2) is 12.1 Å². The van der Waals surface area contributed by atoms with Crippen molar-refractivity contribution in [1.82, 2.24) is 0 Å². The van der Waals surface area contributed by atoms with Crippen LogP contribution in [0.1, 0.15) is 6.42 Å². The Bertz CT molecular complexity index is 396. The number of anilines is 1. The molecule has 2 bridgehead atoms. The lowest BCUT2D eigenvalue weighted by Crippen LogP contribution is -2.37. The van der Waals surface area contributed by atoms with Gasteiger partial charge in [0.15, 0.2) is 0 Å². The molecule has 3 aliphatic rings. The first kappa shape index (κ1) is 8.74. The summed E-state index contributed by atoms with van der Waals surface area (Å²) in [4.78, 5) is 5.88. The summed E-state index contributed by atoms with van der Waals surface area (Å²) in [6.45, 7) is 0. The lowest BCUT2D eigenvalue weighted by Gasteiger charge is -2.33. The Kier molecular flexibility index (Phi) is 2.07. The Balaban J connectivity index is 1.95. The number of hydrogen-bond acceptors (Lipinski definition) is 2. The van der Waals surface area contributed by atoms with Crippen molar-refractivity contribution < 1.29 is 4.84 Å². The van der Waals surface area contributed by atoms with Gasteiger partial charge in [0.25, 0.3) is 0 Å². The maximum absolute atomic E-state index is 5.88. The summed E-state index contributed by atoms with van der Waals surface area (Å²) in [5.41, 5.74) is 1.11. The van der Waals surface area contributed by atoms with Crippen molar-refractivity contribution in [3.8, 4) is 0 Å². The van der Waals surface area contributed by atoms with Gasteiger partial charge in [0.05, 0.1) is 11.7 Å². The van der Waals surface area contributed by atoms with Gasteiger partial charge in [0.2, 0.25) is 0 Å². The fourth-order valence-corrected chi connectivity index (χ4v) is 1.99. The van der Waals surface area contributed by atoms with Crippen molar-refractivity contribution in [2.75, 3.05) is 5.06 Å². The minimum atomic E-state index is 0.195. The molecule has 2 heteroatoms. The normalized spacial score (nSPS) is 28.1. The first-order chi connectivity index (χ1) is 7.43. The molecule has 1 aromatic carbocycles. The van der Waals surface area contributed by atoms with Crippen LogP contribution in [0, 0.1) is 0 Å². The molecule has 1 aliphatic carbocycles. The van der Waals surface area contributed by atoms with E-state index in [-0.39, 0.29) is 12.1 Å². The zero-order valence-electron chi connectivity index (χ0n) is 8.41. The third-order valence-corrected chi connectivity index (χ3v) is 2.76. The number of hydroxylamine groups is 1. The lowest BCUT2D eigenvalue weighted by molar-refractivity contribution is 0.0546. The predicted octanol–water partition coefficient (Wildman–Crippen LogP) is 2.69. The summed E-state index contributed by atoms with van der Waals surface area (Å²) in [5.74, 6) is 0. The molecule has 4 rings (SSSR count). The van der Waals surface area contributed by atoms with E-state index in [0.717, 1.165) is 12.1 Å². The smallest absolute Gasteiger partial charge is 0.107 e. The summed E-state index contributed by atoms with van der Waals surface area (Å²) in [6, 6.07) is 10.5. The Morgan fingerprint density at radius 2 is 1.93 bits per heavy atom. The van der Waals surface area contributed by atoms with Gasteiger partial charge in [-0.1, -0.05) is 42.5 Å². The van der Waals surface area contributed by atoms with Gasteiger partial charge in [-0.2, -0.15) is 0 Å². The Hall–Kier alpha value is -1.54. The average molecular weight is 199 g/mol. The summed E-state index contributed by atoms with van der Waals surface area (Å²) >= 11 is 0. The molecule has 0 N–H and O–H groups in total. The second-order valence-electron chi connectivity index (χ2n) is 3.84. The van der Waals surface area contributed by atoms with Crippen molar-refractivity contribution in [2.24, 2.45) is 0 Å². The lowest BCUT2D eigenvalue weighted by atomic mass is 10.2. The number of fused-ring (bicyclic) bond motifs is 2. The molecule has 2 heterocycles. The summed E-state index contributed by atoms with van der Waals surface area (Å²) < 4.78 is 0. The van der Waals surface area contributed by atoms with Crippen LogP contribution in [0.5, 0.6) is 0 Å². The molecular weight excluding hydrogens is 186 g/mol. The molecule has 0 amide bonds. The first-order valence-electron chi connectivity index (χ1n) is 5.29. The van der Waals surface area contributed by atoms with Crippen molar-refractivity contribution in [3.63, 3.8) is 0 Å². The van der Waals surface area contributed by atoms with Gasteiger partial charge in [-0.15, -0.1) is 0 Å². The van der Waals surface area contributed by atoms with Crippen LogP contribution in [-0.2, 0) is 4.84 Å². The first-order valence-corrected chi connectivity index (χ1v) is 5.29. The molecule has 2 aliphatic heterocycles. The van der Waals surface area contributed by atoms with E-state index in [4.69, 9.17) is 4.84 Å². The van der Waals surface area contributed by atoms with Gasteiger partial charge < -0.3 is 0 Å². The number of para-hydroxylation sites is 1. The van der Waals surface area contributed by atoms with E-state index in [0.29, 0.717) is 0 Å². The Morgan fingerprint density at radius 1 is 1.07 bits per heavy atom. The number of benzene rings is 1. The van der Waals surface area contributed by atoms with E-state index in [9.17, 15) is 0 Å². The molecule has 0 aromatic heterocycles. The van der Waals surface area contributed by atoms with Gasteiger partial charge in [-0.05, 0) is 18.6 Å². The third-order valence-electron chi connectivity index (χ3n) is 2.76. The zero-order valence-corrected chi connectivity index (χ0v) is 8.41. The maximum atomic E-state index is 5.88. The maximum Gasteiger partial charge on any atom is 0.107 e. The average Bonchev–Trinajstić information content (AvgIpc) is 2.65. The quantitative estimate of drug-likeness (QED) is 0.645. The van der Waals surface area contributed by atoms with E-state index >= 15 is 0 Å². The molecule has 76 valence electrons. The minimum absolute atomic E-state index is 0.195. The van der Waals surface area contributed by atoms with E-state index in [2.05, 4.69) is 36.4 Å². The molecule has 0 fully saturated rings. The summed E-state index contributed by atoms with van der Waals surface area (Å²) in [6.07, 6.45) is 9.89. The van der Waals surface area contributed by atoms with Gasteiger partial charge >= 0.3 is 0 Å². The SMILES string of the molecule is C1=CC2C=CC(C1)ON2c1ccccc1. The monoisotopic (exact) mass is 199 g/mol. The molecule has 15 heavy (non-hydrogen) atoms. The summed E-state index contributed by atoms with van der Waals surface area (Å²) in [5, 5.41) is 1.98. The van der Waals surface area contributed by atoms with Gasteiger partial charge in [-0.25, -0.2) is 5.06 Å². The molecular formula is C13H13NO. The van der Waals surface area contributed by atoms with Crippen molar-refractivity contribution in [3.05, 3.63) is 54.6 Å². The topological polar surface area (TPSA) is 12.5 Å². The molecule has 1 aromatic rings. The van der Waals surface area contributed by atoms with Crippen LogP contribution >= 0.6 is 0 Å². The largest absolute Gasteiger partial charge is 0.265 e. The number of nitrogens with zero attached hydrogens (tertiary/aromatic N) is 1. The molecule has 0 radical (unpaired) electrons. The van der Waals surface area contributed by atoms with E-state index in [1.54, 1.807) is 0 Å². The van der Waals surface area contributed by atoms with Gasteiger partial charge in [-0.3, -0.25) is 4.84 Å². The summed E-state index contributed by atoms with van der Waals surface area (Å²) in [7, 11) is 0. The van der Waals surface area contributed by atoms with Crippen LogP contribution in [0.15, 0.2) is 54.6 Å². The van der Waals surface area contributed by atoms with Crippen LogP contribution in [0.25, 0.3) is 0 Å². The van der Waals surface area contributed by atoms with Crippen LogP contribution < -0.4 is 5.06 Å². The van der Waals surface area contributed by atoms with Crippen LogP contribution in [0.4, 0.5) is 5.69 Å². The van der Waals surface area contributed by atoms with E-state index in [1.165, 1.54) is 0 Å². The number of hydrogen-bond donors (Lipinski definition) is 0. The highest BCUT2D eigenvalue weighted by Crippen LogP contribution is 2.27. The van der Waals surface area contributed by atoms with Gasteiger partial charge in [0, 0.05) is 0 Å². The highest BCUT2D eigenvalue weighted by atomic mass is 16.7. The molecule has 0 spiro atoms. The van der Waals surface area contributed by atoms with Crippen molar-refractivity contribution in [2.45, 2.75) is 18.6 Å². The standard InChI is InChI=1S/C13H13NO/c1-2-5-11(6-3-1)14-12-7-4-8-13(15-14)10-9-12/h1-7,9-10,12-13H,8H2. The molecule has 2 nitrogen and oxygen atoms in total. The third kappa shape index (κ3) is 1.57. The zero-order chi connectivity index (χ0) is 10.1. The Labute approximate surface area is 89.4 Å². The van der Waals surface area contributed by atoms with Crippen LogP contribution in [0.2, 0.25) is 0 Å². The molecule has 2 unspecified atom stereocenters. The van der Waals surface area contributed by atoms with Crippen molar-refractivity contribution in [1.29, 1.82) is 0 Å².